The summed E-state index contributed by atoms with van der Waals surface area (Å²) in [5.41, 5.74) is 9.85. The summed E-state index contributed by atoms with van der Waals surface area (Å²) in [6, 6.07) is 10.3. The van der Waals surface area contributed by atoms with Crippen molar-refractivity contribution in [2.24, 2.45) is 0 Å². The summed E-state index contributed by atoms with van der Waals surface area (Å²) in [7, 11) is 0. The number of nitrogens with one attached hydrogen (secondary N) is 1. The van der Waals surface area contributed by atoms with E-state index in [1.54, 1.807) is 24.7 Å². The highest BCUT2D eigenvalue weighted by Gasteiger charge is 2.20. The predicted octanol–water partition coefficient (Wildman–Crippen LogP) is 3.35. The number of morpholine rings is 1. The molecule has 1 saturated heterocycles. The molecule has 4 aromatic heterocycles. The van der Waals surface area contributed by atoms with E-state index in [2.05, 4.69) is 25.2 Å². The molecular formula is C27H22FN9O2. The van der Waals surface area contributed by atoms with Gasteiger partial charge in [0.25, 0.3) is 5.91 Å². The smallest absolute Gasteiger partial charge is 0.257 e. The van der Waals surface area contributed by atoms with Crippen LogP contribution in [-0.4, -0.2) is 62.1 Å². The number of hydrogen-bond acceptors (Lipinski definition) is 10. The molecule has 0 atom stereocenters. The van der Waals surface area contributed by atoms with E-state index < -0.39 is 11.7 Å². The summed E-state index contributed by atoms with van der Waals surface area (Å²) < 4.78 is 19.0. The molecule has 3 N–H and O–H groups in total. The molecule has 0 aliphatic carbocycles. The molecule has 1 fully saturated rings. The molecule has 1 aromatic carbocycles. The fourth-order valence-corrected chi connectivity index (χ4v) is 4.25. The Bertz CT molecular complexity index is 1670. The van der Waals surface area contributed by atoms with Gasteiger partial charge in [-0.15, -0.1) is 0 Å². The highest BCUT2D eigenvalue weighted by atomic mass is 19.1. The highest BCUT2D eigenvalue weighted by Crippen LogP contribution is 2.30. The highest BCUT2D eigenvalue weighted by molar-refractivity contribution is 6.04. The fourth-order valence-electron chi connectivity index (χ4n) is 4.25. The van der Waals surface area contributed by atoms with Crippen molar-refractivity contribution >= 4 is 34.4 Å². The molecule has 12 heteroatoms. The molecule has 0 spiro atoms. The lowest BCUT2D eigenvalue weighted by atomic mass is 10.1. The number of carbonyl (C=O) groups is 1. The van der Waals surface area contributed by atoms with Crippen molar-refractivity contribution in [3.63, 3.8) is 0 Å². The second-order valence-corrected chi connectivity index (χ2v) is 8.82. The van der Waals surface area contributed by atoms with Gasteiger partial charge in [0.1, 0.15) is 11.3 Å². The van der Waals surface area contributed by atoms with E-state index in [4.69, 9.17) is 25.4 Å². The van der Waals surface area contributed by atoms with Gasteiger partial charge in [0.2, 0.25) is 5.95 Å². The molecule has 11 nitrogen and oxygen atoms in total. The van der Waals surface area contributed by atoms with E-state index in [9.17, 15) is 9.18 Å². The van der Waals surface area contributed by atoms with Crippen molar-refractivity contribution in [2.75, 3.05) is 42.3 Å². The lowest BCUT2D eigenvalue weighted by Gasteiger charge is -2.28. The van der Waals surface area contributed by atoms with Crippen LogP contribution in [0.1, 0.15) is 10.4 Å². The minimum Gasteiger partial charge on any atom is -0.378 e. The lowest BCUT2D eigenvalue weighted by molar-refractivity contribution is 0.102. The zero-order valence-corrected chi connectivity index (χ0v) is 20.6. The number of rotatable bonds is 5. The van der Waals surface area contributed by atoms with Gasteiger partial charge in [-0.2, -0.15) is 0 Å². The Balaban J connectivity index is 1.38. The summed E-state index contributed by atoms with van der Waals surface area (Å²) >= 11 is 0. The molecule has 39 heavy (non-hydrogen) atoms. The molecule has 6 rings (SSSR count). The molecule has 194 valence electrons. The standard InChI is InChI=1S/C27H22FN9O2/c28-20-8-18(11-30-15-20)26(38)34-21-3-1-2-16(9-21)17-10-22-23(31-12-17)25(37-4-6-39-7-5-37)36-24(35-22)19-13-32-27(29)33-14-19/h1-3,8-15H,4-7H2,(H,34,38)(H2,29,32,33). The number of ether oxygens (including phenoxy) is 1. The molecule has 0 radical (unpaired) electrons. The Labute approximate surface area is 222 Å². The number of amides is 1. The van der Waals surface area contributed by atoms with Crippen LogP contribution in [0.3, 0.4) is 0 Å². The first kappa shape index (κ1) is 24.2. The molecule has 0 saturated carbocycles. The third-order valence-electron chi connectivity index (χ3n) is 6.18. The van der Waals surface area contributed by atoms with Crippen molar-refractivity contribution in [3.8, 4) is 22.5 Å². The maximum absolute atomic E-state index is 13.5. The van der Waals surface area contributed by atoms with Crippen LogP contribution in [0.2, 0.25) is 0 Å². The molecule has 1 aliphatic rings. The molecule has 5 aromatic rings. The largest absolute Gasteiger partial charge is 0.378 e. The Morgan fingerprint density at radius 3 is 2.51 bits per heavy atom. The van der Waals surface area contributed by atoms with Crippen LogP contribution in [0.25, 0.3) is 33.5 Å². The summed E-state index contributed by atoms with van der Waals surface area (Å²) in [6.45, 7) is 2.54. The van der Waals surface area contributed by atoms with Crippen molar-refractivity contribution in [3.05, 3.63) is 78.8 Å². The van der Waals surface area contributed by atoms with Crippen LogP contribution in [-0.2, 0) is 4.74 Å². The number of hydrogen-bond donors (Lipinski definition) is 2. The van der Waals surface area contributed by atoms with E-state index in [1.807, 2.05) is 24.3 Å². The van der Waals surface area contributed by atoms with Crippen LogP contribution >= 0.6 is 0 Å². The average molecular weight is 524 g/mol. The van der Waals surface area contributed by atoms with Crippen LogP contribution < -0.4 is 16.0 Å². The summed E-state index contributed by atoms with van der Waals surface area (Å²) in [5, 5.41) is 2.79. The third kappa shape index (κ3) is 5.18. The number of nitrogens with two attached hydrogens (primary N) is 1. The van der Waals surface area contributed by atoms with Gasteiger partial charge in [0.15, 0.2) is 11.6 Å². The van der Waals surface area contributed by atoms with E-state index in [-0.39, 0.29) is 11.5 Å². The first-order chi connectivity index (χ1) is 19.0. The minimum atomic E-state index is -0.582. The van der Waals surface area contributed by atoms with Gasteiger partial charge >= 0.3 is 0 Å². The van der Waals surface area contributed by atoms with Gasteiger partial charge in [0.05, 0.1) is 36.1 Å². The molecule has 1 aliphatic heterocycles. The summed E-state index contributed by atoms with van der Waals surface area (Å²) in [4.78, 5) is 40.9. The zero-order valence-electron chi connectivity index (χ0n) is 20.6. The van der Waals surface area contributed by atoms with E-state index in [0.29, 0.717) is 60.2 Å². The maximum atomic E-state index is 13.5. The van der Waals surface area contributed by atoms with E-state index >= 15 is 0 Å². The van der Waals surface area contributed by atoms with Gasteiger partial charge in [-0.05, 0) is 29.8 Å². The Kier molecular flexibility index (Phi) is 6.43. The molecule has 0 unspecified atom stereocenters. The number of carbonyl (C=O) groups excluding carboxylic acids is 1. The predicted molar refractivity (Wildman–Crippen MR) is 143 cm³/mol. The van der Waals surface area contributed by atoms with Gasteiger partial charge in [0, 0.05) is 49.1 Å². The Hall–Kier alpha value is -5.10. The number of benzene rings is 1. The maximum Gasteiger partial charge on any atom is 0.257 e. The minimum absolute atomic E-state index is 0.124. The monoisotopic (exact) mass is 523 g/mol. The fraction of sp³-hybridized carbons (Fsp3) is 0.148. The Morgan fingerprint density at radius 1 is 0.923 bits per heavy atom. The zero-order chi connectivity index (χ0) is 26.8. The van der Waals surface area contributed by atoms with Gasteiger partial charge < -0.3 is 20.7 Å². The van der Waals surface area contributed by atoms with Crippen molar-refractivity contribution in [2.45, 2.75) is 0 Å². The summed E-state index contributed by atoms with van der Waals surface area (Å²) in [5.74, 6) is 0.271. The SMILES string of the molecule is Nc1ncc(-c2nc(N3CCOCC3)c3ncc(-c4cccc(NC(=O)c5cncc(F)c5)c4)cc3n2)cn1. The van der Waals surface area contributed by atoms with Crippen molar-refractivity contribution in [1.82, 2.24) is 29.9 Å². The van der Waals surface area contributed by atoms with Crippen LogP contribution in [0.15, 0.2) is 67.4 Å². The number of nitrogen functional groups attached to an aromatic ring is 1. The third-order valence-corrected chi connectivity index (χ3v) is 6.18. The van der Waals surface area contributed by atoms with Gasteiger partial charge in [-0.3, -0.25) is 14.8 Å². The first-order valence-corrected chi connectivity index (χ1v) is 12.1. The lowest BCUT2D eigenvalue weighted by Crippen LogP contribution is -2.37. The van der Waals surface area contributed by atoms with E-state index in [0.717, 1.165) is 23.4 Å². The number of pyridine rings is 2. The molecular weight excluding hydrogens is 501 g/mol. The quantitative estimate of drug-likeness (QED) is 0.352. The summed E-state index contributed by atoms with van der Waals surface area (Å²) in [6.07, 6.45) is 7.28. The van der Waals surface area contributed by atoms with Crippen molar-refractivity contribution < 1.29 is 13.9 Å². The topological polar surface area (TPSA) is 145 Å². The van der Waals surface area contributed by atoms with Crippen molar-refractivity contribution in [1.29, 1.82) is 0 Å². The Morgan fingerprint density at radius 2 is 1.72 bits per heavy atom. The number of fused-ring (bicyclic) bond motifs is 1. The van der Waals surface area contributed by atoms with E-state index in [1.165, 1.54) is 6.20 Å². The van der Waals surface area contributed by atoms with Gasteiger partial charge in [-0.25, -0.2) is 24.3 Å². The van der Waals surface area contributed by atoms with Crippen LogP contribution in [0.5, 0.6) is 0 Å². The molecule has 1 amide bonds. The number of aromatic nitrogens is 6. The number of halogens is 1. The molecule has 5 heterocycles. The second-order valence-electron chi connectivity index (χ2n) is 8.82. The van der Waals surface area contributed by atoms with Crippen LogP contribution in [0, 0.1) is 5.82 Å². The average Bonchev–Trinajstić information content (AvgIpc) is 2.97. The van der Waals surface area contributed by atoms with Gasteiger partial charge in [-0.1, -0.05) is 12.1 Å². The second kappa shape index (κ2) is 10.3. The normalized spacial score (nSPS) is 13.4. The number of anilines is 3. The first-order valence-electron chi connectivity index (χ1n) is 12.1. The molecule has 0 bridgehead atoms. The number of nitrogens with zero attached hydrogens (tertiary/aromatic N) is 7. The van der Waals surface area contributed by atoms with Crippen LogP contribution in [0.4, 0.5) is 21.8 Å².